The van der Waals surface area contributed by atoms with Gasteiger partial charge in [0.1, 0.15) is 12.3 Å². The molecule has 3 nitrogen and oxygen atoms in total. The summed E-state index contributed by atoms with van der Waals surface area (Å²) >= 11 is 0. The maximum atomic E-state index is 5.64. The van der Waals surface area contributed by atoms with Gasteiger partial charge in [0, 0.05) is 12.7 Å². The molecule has 2 aromatic rings. The smallest absolute Gasteiger partial charge is 0.233 e. The summed E-state index contributed by atoms with van der Waals surface area (Å²) in [6.45, 7) is 5.72. The predicted octanol–water partition coefficient (Wildman–Crippen LogP) is 3.01. The van der Waals surface area contributed by atoms with Gasteiger partial charge in [-0.05, 0) is 31.5 Å². The number of hydrogen-bond donors (Lipinski definition) is 0. The summed E-state index contributed by atoms with van der Waals surface area (Å²) < 4.78 is 7.83. The molecule has 1 aliphatic rings. The van der Waals surface area contributed by atoms with E-state index >= 15 is 0 Å². The van der Waals surface area contributed by atoms with Crippen molar-refractivity contribution in [2.24, 2.45) is 4.99 Å². The van der Waals surface area contributed by atoms with Gasteiger partial charge in [-0.1, -0.05) is 29.8 Å². The van der Waals surface area contributed by atoms with Crippen LogP contribution in [0.15, 0.2) is 47.6 Å². The first kappa shape index (κ1) is 12.0. The lowest BCUT2D eigenvalue weighted by Gasteiger charge is -2.09. The highest BCUT2D eigenvalue weighted by molar-refractivity contribution is 5.93. The summed E-state index contributed by atoms with van der Waals surface area (Å²) in [5.41, 5.74) is 3.64. The zero-order valence-corrected chi connectivity index (χ0v) is 11.3. The number of aryl methyl sites for hydroxylation is 1. The van der Waals surface area contributed by atoms with Crippen LogP contribution in [0.5, 0.6) is 0 Å². The van der Waals surface area contributed by atoms with Gasteiger partial charge in [0.25, 0.3) is 0 Å². The van der Waals surface area contributed by atoms with Gasteiger partial charge >= 0.3 is 0 Å². The van der Waals surface area contributed by atoms with Crippen LogP contribution in [0.2, 0.25) is 0 Å². The molecule has 1 unspecified atom stereocenters. The lowest BCUT2D eigenvalue weighted by atomic mass is 10.1. The third-order valence-electron chi connectivity index (χ3n) is 3.28. The van der Waals surface area contributed by atoms with E-state index in [1.807, 2.05) is 6.07 Å². The van der Waals surface area contributed by atoms with E-state index < -0.39 is 0 Å². The molecule has 1 aromatic heterocycles. The summed E-state index contributed by atoms with van der Waals surface area (Å²) in [6, 6.07) is 12.9. The topological polar surface area (TPSA) is 26.5 Å². The SMILES string of the molecule is Cc1cccc(Cn2cccc2C2=NC(C)CO2)c1. The van der Waals surface area contributed by atoms with Crippen LogP contribution in [0.3, 0.4) is 0 Å². The Labute approximate surface area is 113 Å². The molecule has 0 N–H and O–H groups in total. The van der Waals surface area contributed by atoms with Gasteiger partial charge in [-0.15, -0.1) is 0 Å². The lowest BCUT2D eigenvalue weighted by molar-refractivity contribution is 0.322. The minimum atomic E-state index is 0.261. The minimum Gasteiger partial charge on any atom is -0.474 e. The van der Waals surface area contributed by atoms with Crippen molar-refractivity contribution in [1.29, 1.82) is 0 Å². The summed E-state index contributed by atoms with van der Waals surface area (Å²) in [7, 11) is 0. The third kappa shape index (κ3) is 2.55. The van der Waals surface area contributed by atoms with Crippen molar-refractivity contribution < 1.29 is 4.74 Å². The first-order valence-electron chi connectivity index (χ1n) is 6.64. The van der Waals surface area contributed by atoms with Gasteiger partial charge in [-0.3, -0.25) is 0 Å². The van der Waals surface area contributed by atoms with E-state index in [9.17, 15) is 0 Å². The van der Waals surface area contributed by atoms with Gasteiger partial charge < -0.3 is 9.30 Å². The molecule has 0 amide bonds. The number of hydrogen-bond acceptors (Lipinski definition) is 2. The van der Waals surface area contributed by atoms with E-state index in [1.165, 1.54) is 11.1 Å². The number of rotatable bonds is 3. The van der Waals surface area contributed by atoms with Crippen molar-refractivity contribution in [2.75, 3.05) is 6.61 Å². The quantitative estimate of drug-likeness (QED) is 0.827. The fourth-order valence-corrected chi connectivity index (χ4v) is 2.37. The second-order valence-electron chi connectivity index (χ2n) is 5.10. The van der Waals surface area contributed by atoms with Crippen molar-refractivity contribution in [1.82, 2.24) is 4.57 Å². The maximum Gasteiger partial charge on any atom is 0.233 e. The van der Waals surface area contributed by atoms with Gasteiger partial charge in [-0.2, -0.15) is 0 Å². The molecular formula is C16H18N2O. The summed E-state index contributed by atoms with van der Waals surface area (Å²) in [5, 5.41) is 0. The highest BCUT2D eigenvalue weighted by Gasteiger charge is 2.18. The molecule has 0 spiro atoms. The maximum absolute atomic E-state index is 5.64. The zero-order valence-electron chi connectivity index (χ0n) is 11.3. The van der Waals surface area contributed by atoms with Crippen LogP contribution in [0.4, 0.5) is 0 Å². The first-order valence-corrected chi connectivity index (χ1v) is 6.64. The largest absolute Gasteiger partial charge is 0.474 e. The molecule has 19 heavy (non-hydrogen) atoms. The molecule has 3 rings (SSSR count). The summed E-state index contributed by atoms with van der Waals surface area (Å²) in [4.78, 5) is 4.52. The Morgan fingerprint density at radius 2 is 2.21 bits per heavy atom. The number of aliphatic imine (C=N–C) groups is 1. The van der Waals surface area contributed by atoms with Crippen molar-refractivity contribution in [3.8, 4) is 0 Å². The van der Waals surface area contributed by atoms with Crippen molar-refractivity contribution >= 4 is 5.90 Å². The second-order valence-corrected chi connectivity index (χ2v) is 5.10. The lowest BCUT2D eigenvalue weighted by Crippen LogP contribution is -2.10. The van der Waals surface area contributed by atoms with E-state index in [0.29, 0.717) is 6.61 Å². The molecular weight excluding hydrogens is 236 g/mol. The monoisotopic (exact) mass is 254 g/mol. The van der Waals surface area contributed by atoms with Crippen LogP contribution in [-0.2, 0) is 11.3 Å². The van der Waals surface area contributed by atoms with Gasteiger partial charge in [-0.25, -0.2) is 4.99 Å². The van der Waals surface area contributed by atoms with Gasteiger partial charge in [0.05, 0.1) is 6.04 Å². The Morgan fingerprint density at radius 1 is 1.32 bits per heavy atom. The van der Waals surface area contributed by atoms with Crippen LogP contribution in [0, 0.1) is 6.92 Å². The zero-order chi connectivity index (χ0) is 13.2. The Morgan fingerprint density at radius 3 is 2.95 bits per heavy atom. The van der Waals surface area contributed by atoms with E-state index in [-0.39, 0.29) is 6.04 Å². The average Bonchev–Trinajstić information content (AvgIpc) is 2.98. The highest BCUT2D eigenvalue weighted by atomic mass is 16.5. The van der Waals surface area contributed by atoms with Crippen LogP contribution in [-0.4, -0.2) is 23.1 Å². The molecule has 0 saturated heterocycles. The Kier molecular flexibility index (Phi) is 3.11. The van der Waals surface area contributed by atoms with Crippen LogP contribution >= 0.6 is 0 Å². The van der Waals surface area contributed by atoms with Crippen molar-refractivity contribution in [3.63, 3.8) is 0 Å². The Hall–Kier alpha value is -2.03. The standard InChI is InChI=1S/C16H18N2O/c1-12-5-3-6-14(9-12)10-18-8-4-7-15(18)16-17-13(2)11-19-16/h3-9,13H,10-11H2,1-2H3. The highest BCUT2D eigenvalue weighted by Crippen LogP contribution is 2.15. The van der Waals surface area contributed by atoms with E-state index in [2.05, 4.69) is 59.9 Å². The van der Waals surface area contributed by atoms with Crippen LogP contribution in [0.25, 0.3) is 0 Å². The Bertz CT molecular complexity index is 613. The molecule has 1 aromatic carbocycles. The fraction of sp³-hybridized carbons (Fsp3) is 0.312. The van der Waals surface area contributed by atoms with Gasteiger partial charge in [0.15, 0.2) is 0 Å². The molecule has 2 heterocycles. The number of ether oxygens (including phenoxy) is 1. The van der Waals surface area contributed by atoms with Crippen molar-refractivity contribution in [3.05, 3.63) is 59.4 Å². The molecule has 0 bridgehead atoms. The second kappa shape index (κ2) is 4.92. The molecule has 3 heteroatoms. The van der Waals surface area contributed by atoms with Crippen molar-refractivity contribution in [2.45, 2.75) is 26.4 Å². The minimum absolute atomic E-state index is 0.261. The third-order valence-corrected chi connectivity index (χ3v) is 3.28. The van der Waals surface area contributed by atoms with E-state index in [1.54, 1.807) is 0 Å². The Balaban J connectivity index is 1.87. The van der Waals surface area contributed by atoms with E-state index in [0.717, 1.165) is 18.1 Å². The molecule has 0 fully saturated rings. The predicted molar refractivity (Wildman–Crippen MR) is 76.7 cm³/mol. The fourth-order valence-electron chi connectivity index (χ4n) is 2.37. The molecule has 98 valence electrons. The number of benzene rings is 1. The summed E-state index contributed by atoms with van der Waals surface area (Å²) in [6.07, 6.45) is 2.08. The molecule has 0 aliphatic carbocycles. The summed E-state index contributed by atoms with van der Waals surface area (Å²) in [5.74, 6) is 0.769. The number of aromatic nitrogens is 1. The van der Waals surface area contributed by atoms with E-state index in [4.69, 9.17) is 4.74 Å². The van der Waals surface area contributed by atoms with Gasteiger partial charge in [0.2, 0.25) is 5.90 Å². The average molecular weight is 254 g/mol. The molecule has 0 radical (unpaired) electrons. The number of nitrogens with zero attached hydrogens (tertiary/aromatic N) is 2. The van der Waals surface area contributed by atoms with Crippen LogP contribution in [0.1, 0.15) is 23.7 Å². The first-order chi connectivity index (χ1) is 9.22. The van der Waals surface area contributed by atoms with Crippen LogP contribution < -0.4 is 0 Å². The normalized spacial score (nSPS) is 18.2. The molecule has 1 atom stereocenters. The molecule has 0 saturated carbocycles. The molecule has 1 aliphatic heterocycles.